The molecule has 1 aromatic heterocycles. The summed E-state index contributed by atoms with van der Waals surface area (Å²) in [5.41, 5.74) is 21.7. The van der Waals surface area contributed by atoms with Crippen LogP contribution in [0.3, 0.4) is 0 Å². The van der Waals surface area contributed by atoms with Gasteiger partial charge < -0.3 is 9.47 Å². The van der Waals surface area contributed by atoms with Gasteiger partial charge in [0.25, 0.3) is 0 Å². The molecule has 12 aromatic rings. The van der Waals surface area contributed by atoms with Crippen molar-refractivity contribution in [3.63, 3.8) is 0 Å². The fourth-order valence-corrected chi connectivity index (χ4v) is 15.8. The van der Waals surface area contributed by atoms with Crippen molar-refractivity contribution in [2.45, 2.75) is 30.4 Å². The van der Waals surface area contributed by atoms with Crippen LogP contribution in [0.25, 0.3) is 49.7 Å². The van der Waals surface area contributed by atoms with Gasteiger partial charge in [-0.3, -0.25) is 0 Å². The van der Waals surface area contributed by atoms with Crippen molar-refractivity contribution in [2.75, 3.05) is 4.90 Å². The molecule has 4 aliphatic rings. The normalized spacial score (nSPS) is 14.5. The summed E-state index contributed by atoms with van der Waals surface area (Å²) in [5, 5.41) is 2.44. The Morgan fingerprint density at radius 3 is 1.32 bits per heavy atom. The first kappa shape index (κ1) is 40.4. The first-order chi connectivity index (χ1) is 35.7. The van der Waals surface area contributed by atoms with Gasteiger partial charge in [0.2, 0.25) is 0 Å². The highest BCUT2D eigenvalue weighted by molar-refractivity contribution is 7.99. The Labute approximate surface area is 426 Å². The molecule has 3 heterocycles. The number of fused-ring (bicyclic) bond motifs is 21. The van der Waals surface area contributed by atoms with Crippen molar-refractivity contribution in [1.82, 2.24) is 4.57 Å². The van der Waals surface area contributed by atoms with E-state index in [1.807, 2.05) is 23.5 Å². The van der Waals surface area contributed by atoms with E-state index in [1.165, 1.54) is 108 Å². The van der Waals surface area contributed by atoms with Crippen molar-refractivity contribution in [3.05, 3.63) is 299 Å². The fraction of sp³-hybridized carbons (Fsp3) is 0.0294. The summed E-state index contributed by atoms with van der Waals surface area (Å²) in [5.74, 6) is 0. The minimum atomic E-state index is -0.512. The van der Waals surface area contributed by atoms with Gasteiger partial charge in [-0.1, -0.05) is 193 Å². The van der Waals surface area contributed by atoms with Gasteiger partial charge >= 0.3 is 0 Å². The van der Waals surface area contributed by atoms with Gasteiger partial charge in [-0.15, -0.1) is 0 Å². The molecular weight excluding hydrogens is 909 g/mol. The molecule has 0 atom stereocenters. The average molecular weight is 951 g/mol. The van der Waals surface area contributed by atoms with Crippen LogP contribution in [0, 0.1) is 0 Å². The van der Waals surface area contributed by atoms with Gasteiger partial charge in [0.1, 0.15) is 0 Å². The van der Waals surface area contributed by atoms with Crippen LogP contribution < -0.4 is 4.90 Å². The van der Waals surface area contributed by atoms with Crippen molar-refractivity contribution in [2.24, 2.45) is 0 Å². The maximum Gasteiger partial charge on any atom is 0.0736 e. The molecule has 0 fully saturated rings. The predicted octanol–water partition coefficient (Wildman–Crippen LogP) is 17.9. The molecule has 0 N–H and O–H groups in total. The summed E-state index contributed by atoms with van der Waals surface area (Å²) in [6.07, 6.45) is 0. The Kier molecular flexibility index (Phi) is 8.49. The highest BCUT2D eigenvalue weighted by Gasteiger charge is 2.52. The number of benzene rings is 11. The molecule has 0 unspecified atom stereocenters. The van der Waals surface area contributed by atoms with Gasteiger partial charge in [0.05, 0.1) is 21.9 Å². The molecule has 0 bridgehead atoms. The topological polar surface area (TPSA) is 8.17 Å². The van der Waals surface area contributed by atoms with E-state index in [9.17, 15) is 0 Å². The Bertz CT molecular complexity index is 4170. The molecule has 336 valence electrons. The minimum absolute atomic E-state index is 0.461. The van der Waals surface area contributed by atoms with Crippen LogP contribution in [0.2, 0.25) is 0 Å². The maximum atomic E-state index is 2.53. The van der Waals surface area contributed by atoms with Crippen molar-refractivity contribution < 1.29 is 0 Å². The zero-order valence-electron chi connectivity index (χ0n) is 39.0. The minimum Gasteiger partial charge on any atom is -0.310 e. The summed E-state index contributed by atoms with van der Waals surface area (Å²) >= 11 is 3.78. The van der Waals surface area contributed by atoms with E-state index < -0.39 is 10.8 Å². The second-order valence-corrected chi connectivity index (χ2v) is 21.6. The first-order valence-corrected chi connectivity index (χ1v) is 26.5. The van der Waals surface area contributed by atoms with Gasteiger partial charge in [0.15, 0.2) is 0 Å². The molecule has 0 saturated carbocycles. The summed E-state index contributed by atoms with van der Waals surface area (Å²) in [6.45, 7) is 0. The number of para-hydroxylation sites is 2. The summed E-state index contributed by atoms with van der Waals surface area (Å²) in [7, 11) is 0. The van der Waals surface area contributed by atoms with Gasteiger partial charge in [0, 0.05) is 53.1 Å². The molecule has 72 heavy (non-hydrogen) atoms. The van der Waals surface area contributed by atoms with Crippen LogP contribution in [0.4, 0.5) is 17.1 Å². The fourth-order valence-electron chi connectivity index (χ4n) is 13.4. The largest absolute Gasteiger partial charge is 0.310 e. The smallest absolute Gasteiger partial charge is 0.0736 e. The number of rotatable bonds is 4. The monoisotopic (exact) mass is 950 g/mol. The number of hydrogen-bond acceptors (Lipinski definition) is 3. The van der Waals surface area contributed by atoms with E-state index in [1.54, 1.807) is 0 Å². The Morgan fingerprint density at radius 2 is 0.694 bits per heavy atom. The lowest BCUT2D eigenvalue weighted by Gasteiger charge is -2.40. The zero-order chi connectivity index (χ0) is 47.1. The van der Waals surface area contributed by atoms with Crippen LogP contribution in [0.15, 0.2) is 274 Å². The second kappa shape index (κ2) is 15.1. The third kappa shape index (κ3) is 5.27. The molecule has 0 amide bonds. The number of hydrogen-bond donors (Lipinski definition) is 0. The Balaban J connectivity index is 0.980. The van der Waals surface area contributed by atoms with Crippen LogP contribution in [0.1, 0.15) is 44.5 Å². The SMILES string of the molecule is c1ccc(-n2c3ccccc3c3cc(N(c4ccc5c(c4)-c4ccccc4C54c5ccccc5Sc5ccccc54)c4ccc5c(c4)C4(c6ccccc6Sc6ccccc64)c4ccccc4-5)ccc32)cc1. The van der Waals surface area contributed by atoms with E-state index in [2.05, 4.69) is 264 Å². The molecule has 2 spiro atoms. The summed E-state index contributed by atoms with van der Waals surface area (Å²) < 4.78 is 2.41. The highest BCUT2D eigenvalue weighted by Crippen LogP contribution is 2.65. The van der Waals surface area contributed by atoms with Crippen molar-refractivity contribution in [1.29, 1.82) is 0 Å². The molecular formula is C68H42N2S2. The standard InChI is InChI=1S/C68H42N2S2/c1-2-18-43(19-3-1)70-61-29-13-6-22-50(61)52-41-45(36-39-62(52)70)69(44-35-38-55-51(40-44)48-21-5-8-24-54(48)67(55)56-25-9-14-30-63(56)71-64-31-15-10-26-57(64)67)46-34-37-49-47-20-4-7-23-53(47)68(60(49)42-46)58-27-11-16-32-65(58)72-66-33-17-12-28-59(66)68/h1-42H. The number of nitrogens with zero attached hydrogens (tertiary/aromatic N) is 2. The lowest BCUT2D eigenvalue weighted by molar-refractivity contribution is 0.722. The third-order valence-electron chi connectivity index (χ3n) is 16.1. The van der Waals surface area contributed by atoms with Gasteiger partial charge in [-0.05, 0) is 152 Å². The molecule has 16 rings (SSSR count). The van der Waals surface area contributed by atoms with Crippen LogP contribution in [0.5, 0.6) is 0 Å². The number of anilines is 3. The van der Waals surface area contributed by atoms with E-state index in [4.69, 9.17) is 0 Å². The van der Waals surface area contributed by atoms with Crippen molar-refractivity contribution in [3.8, 4) is 27.9 Å². The summed E-state index contributed by atoms with van der Waals surface area (Å²) in [6, 6.07) is 96.1. The van der Waals surface area contributed by atoms with Crippen molar-refractivity contribution >= 4 is 62.4 Å². The van der Waals surface area contributed by atoms with E-state index in [-0.39, 0.29) is 0 Å². The molecule has 4 heteroatoms. The quantitative estimate of drug-likeness (QED) is 0.174. The lowest BCUT2D eigenvalue weighted by Crippen LogP contribution is -2.32. The predicted molar refractivity (Wildman–Crippen MR) is 298 cm³/mol. The second-order valence-electron chi connectivity index (χ2n) is 19.5. The van der Waals surface area contributed by atoms with Gasteiger partial charge in [-0.25, -0.2) is 0 Å². The molecule has 2 aliphatic heterocycles. The highest BCUT2D eigenvalue weighted by atomic mass is 32.2. The van der Waals surface area contributed by atoms with E-state index in [0.29, 0.717) is 0 Å². The van der Waals surface area contributed by atoms with Crippen LogP contribution >= 0.6 is 23.5 Å². The third-order valence-corrected chi connectivity index (χ3v) is 18.4. The molecule has 0 radical (unpaired) electrons. The number of aromatic nitrogens is 1. The molecule has 11 aromatic carbocycles. The van der Waals surface area contributed by atoms with Gasteiger partial charge in [-0.2, -0.15) is 0 Å². The zero-order valence-corrected chi connectivity index (χ0v) is 40.6. The van der Waals surface area contributed by atoms with Crippen LogP contribution in [-0.2, 0) is 10.8 Å². The molecule has 2 nitrogen and oxygen atoms in total. The lowest BCUT2D eigenvalue weighted by atomic mass is 9.67. The Morgan fingerprint density at radius 1 is 0.278 bits per heavy atom. The Hall–Kier alpha value is -8.28. The maximum absolute atomic E-state index is 2.53. The van der Waals surface area contributed by atoms with E-state index >= 15 is 0 Å². The van der Waals surface area contributed by atoms with Crippen LogP contribution in [-0.4, -0.2) is 4.57 Å². The molecule has 0 saturated heterocycles. The first-order valence-electron chi connectivity index (χ1n) is 24.8. The van der Waals surface area contributed by atoms with E-state index in [0.717, 1.165) is 22.7 Å². The average Bonchev–Trinajstić information content (AvgIpc) is 4.04. The molecule has 2 aliphatic carbocycles. The summed E-state index contributed by atoms with van der Waals surface area (Å²) in [4.78, 5) is 7.76.